The molecule has 3 nitrogen and oxygen atoms in total. The van der Waals surface area contributed by atoms with Crippen LogP contribution in [-0.4, -0.2) is 13.0 Å². The predicted molar refractivity (Wildman–Crippen MR) is 65.8 cm³/mol. The highest BCUT2D eigenvalue weighted by atomic mass is 16.5. The molecule has 0 aromatic heterocycles. The van der Waals surface area contributed by atoms with Crippen molar-refractivity contribution in [1.29, 1.82) is 0 Å². The van der Waals surface area contributed by atoms with Gasteiger partial charge in [0, 0.05) is 12.1 Å². The van der Waals surface area contributed by atoms with Gasteiger partial charge >= 0.3 is 0 Å². The summed E-state index contributed by atoms with van der Waals surface area (Å²) in [7, 11) is 1.63. The number of allylic oxidation sites excluding steroid dienone is 1. The van der Waals surface area contributed by atoms with E-state index in [1.807, 2.05) is 31.2 Å². The molecule has 1 N–H and O–H groups in total. The molecule has 86 valence electrons. The fraction of sp³-hybridized carbons (Fsp3) is 0.308. The molecule has 1 amide bonds. The van der Waals surface area contributed by atoms with E-state index in [-0.39, 0.29) is 5.91 Å². The molecule has 16 heavy (non-hydrogen) atoms. The molecule has 0 spiro atoms. The molecule has 0 aliphatic carbocycles. The molecule has 0 aliphatic heterocycles. The van der Waals surface area contributed by atoms with Gasteiger partial charge in [-0.1, -0.05) is 13.0 Å². The standard InChI is InChI=1S/C13H17NO2/c1-4-6-10-9-11(14-13(15)5-2)7-8-12(10)16-3/h4,7-9H,1,5-6H2,2-3H3,(H,14,15). The fourth-order valence-corrected chi connectivity index (χ4v) is 1.42. The first-order valence-corrected chi connectivity index (χ1v) is 5.29. The van der Waals surface area contributed by atoms with Crippen LogP contribution in [0.1, 0.15) is 18.9 Å². The van der Waals surface area contributed by atoms with Crippen molar-refractivity contribution < 1.29 is 9.53 Å². The average molecular weight is 219 g/mol. The maximum absolute atomic E-state index is 11.2. The van der Waals surface area contributed by atoms with Crippen LogP contribution < -0.4 is 10.1 Å². The molecule has 3 heteroatoms. The zero-order chi connectivity index (χ0) is 12.0. The van der Waals surface area contributed by atoms with Crippen LogP contribution in [0.15, 0.2) is 30.9 Å². The number of methoxy groups -OCH3 is 1. The summed E-state index contributed by atoms with van der Waals surface area (Å²) in [5, 5.41) is 2.81. The first kappa shape index (κ1) is 12.3. The van der Waals surface area contributed by atoms with Crippen molar-refractivity contribution in [1.82, 2.24) is 0 Å². The molecular weight excluding hydrogens is 202 g/mol. The second kappa shape index (κ2) is 5.95. The highest BCUT2D eigenvalue weighted by Gasteiger charge is 2.04. The Morgan fingerprint density at radius 3 is 2.88 bits per heavy atom. The topological polar surface area (TPSA) is 38.3 Å². The van der Waals surface area contributed by atoms with Gasteiger partial charge in [0.2, 0.25) is 5.91 Å². The van der Waals surface area contributed by atoms with Crippen LogP contribution >= 0.6 is 0 Å². The largest absolute Gasteiger partial charge is 0.496 e. The van der Waals surface area contributed by atoms with E-state index in [9.17, 15) is 4.79 Å². The second-order valence-corrected chi connectivity index (χ2v) is 3.42. The lowest BCUT2D eigenvalue weighted by Crippen LogP contribution is -2.09. The van der Waals surface area contributed by atoms with Gasteiger partial charge in [-0.2, -0.15) is 0 Å². The molecule has 0 bridgehead atoms. The minimum Gasteiger partial charge on any atom is -0.496 e. The number of amides is 1. The number of hydrogen-bond donors (Lipinski definition) is 1. The van der Waals surface area contributed by atoms with Crippen LogP contribution in [0, 0.1) is 0 Å². The molecule has 1 aromatic carbocycles. The molecule has 0 saturated heterocycles. The number of nitrogens with one attached hydrogen (secondary N) is 1. The minimum atomic E-state index is 0.00900. The Kier molecular flexibility index (Phi) is 4.58. The third-order valence-electron chi connectivity index (χ3n) is 2.25. The van der Waals surface area contributed by atoms with E-state index in [4.69, 9.17) is 4.74 Å². The number of hydrogen-bond acceptors (Lipinski definition) is 2. The van der Waals surface area contributed by atoms with Gasteiger partial charge < -0.3 is 10.1 Å². The molecular formula is C13H17NO2. The molecule has 0 radical (unpaired) electrons. The molecule has 0 aliphatic rings. The number of anilines is 1. The summed E-state index contributed by atoms with van der Waals surface area (Å²) < 4.78 is 5.22. The third kappa shape index (κ3) is 3.12. The Bertz CT molecular complexity index is 386. The summed E-state index contributed by atoms with van der Waals surface area (Å²) in [6.45, 7) is 5.52. The van der Waals surface area contributed by atoms with Crippen molar-refractivity contribution in [2.24, 2.45) is 0 Å². The van der Waals surface area contributed by atoms with Crippen molar-refractivity contribution in [2.45, 2.75) is 19.8 Å². The molecule has 1 aromatic rings. The lowest BCUT2D eigenvalue weighted by molar-refractivity contribution is -0.115. The Hall–Kier alpha value is -1.77. The lowest BCUT2D eigenvalue weighted by atomic mass is 10.1. The van der Waals surface area contributed by atoms with E-state index in [2.05, 4.69) is 11.9 Å². The normalized spacial score (nSPS) is 9.62. The summed E-state index contributed by atoms with van der Waals surface area (Å²) >= 11 is 0. The van der Waals surface area contributed by atoms with Crippen LogP contribution in [-0.2, 0) is 11.2 Å². The SMILES string of the molecule is C=CCc1cc(NC(=O)CC)ccc1OC. The number of carbonyl (C=O) groups excluding carboxylic acids is 1. The van der Waals surface area contributed by atoms with E-state index in [0.717, 1.165) is 23.4 Å². The van der Waals surface area contributed by atoms with Crippen LogP contribution in [0.2, 0.25) is 0 Å². The molecule has 0 saturated carbocycles. The van der Waals surface area contributed by atoms with Crippen molar-refractivity contribution in [3.63, 3.8) is 0 Å². The van der Waals surface area contributed by atoms with Crippen LogP contribution in [0.3, 0.4) is 0 Å². The van der Waals surface area contributed by atoms with Gasteiger partial charge in [-0.3, -0.25) is 4.79 Å². The van der Waals surface area contributed by atoms with Gasteiger partial charge in [-0.15, -0.1) is 6.58 Å². The van der Waals surface area contributed by atoms with Crippen LogP contribution in [0.5, 0.6) is 5.75 Å². The zero-order valence-electron chi connectivity index (χ0n) is 9.75. The smallest absolute Gasteiger partial charge is 0.224 e. The quantitative estimate of drug-likeness (QED) is 0.773. The summed E-state index contributed by atoms with van der Waals surface area (Å²) in [5.41, 5.74) is 1.82. The van der Waals surface area contributed by atoms with Crippen molar-refractivity contribution >= 4 is 11.6 Å². The van der Waals surface area contributed by atoms with Gasteiger partial charge in [-0.05, 0) is 30.2 Å². The van der Waals surface area contributed by atoms with E-state index >= 15 is 0 Å². The first-order valence-electron chi connectivity index (χ1n) is 5.29. The summed E-state index contributed by atoms with van der Waals surface area (Å²) in [6, 6.07) is 5.59. The zero-order valence-corrected chi connectivity index (χ0v) is 9.75. The van der Waals surface area contributed by atoms with E-state index in [1.54, 1.807) is 7.11 Å². The number of benzene rings is 1. The Morgan fingerprint density at radius 2 is 2.31 bits per heavy atom. The molecule has 0 fully saturated rings. The second-order valence-electron chi connectivity index (χ2n) is 3.42. The monoisotopic (exact) mass is 219 g/mol. The summed E-state index contributed by atoms with van der Waals surface area (Å²) in [5.74, 6) is 0.823. The Balaban J connectivity index is 2.92. The Labute approximate surface area is 96.1 Å². The number of ether oxygens (including phenoxy) is 1. The highest BCUT2D eigenvalue weighted by molar-refractivity contribution is 5.90. The number of rotatable bonds is 5. The van der Waals surface area contributed by atoms with Gasteiger partial charge in [0.1, 0.15) is 5.75 Å². The maximum Gasteiger partial charge on any atom is 0.224 e. The van der Waals surface area contributed by atoms with Gasteiger partial charge in [0.25, 0.3) is 0 Å². The van der Waals surface area contributed by atoms with E-state index in [1.165, 1.54) is 0 Å². The Morgan fingerprint density at radius 1 is 1.56 bits per heavy atom. The van der Waals surface area contributed by atoms with Gasteiger partial charge in [-0.25, -0.2) is 0 Å². The first-order chi connectivity index (χ1) is 7.71. The van der Waals surface area contributed by atoms with E-state index < -0.39 is 0 Å². The average Bonchev–Trinajstić information content (AvgIpc) is 2.30. The summed E-state index contributed by atoms with van der Waals surface area (Å²) in [6.07, 6.45) is 3.01. The lowest BCUT2D eigenvalue weighted by Gasteiger charge is -2.10. The molecule has 1 rings (SSSR count). The minimum absolute atomic E-state index is 0.00900. The maximum atomic E-state index is 11.2. The summed E-state index contributed by atoms with van der Waals surface area (Å²) in [4.78, 5) is 11.2. The van der Waals surface area contributed by atoms with Crippen molar-refractivity contribution in [2.75, 3.05) is 12.4 Å². The highest BCUT2D eigenvalue weighted by Crippen LogP contribution is 2.23. The van der Waals surface area contributed by atoms with Crippen LogP contribution in [0.25, 0.3) is 0 Å². The van der Waals surface area contributed by atoms with Crippen molar-refractivity contribution in [3.05, 3.63) is 36.4 Å². The van der Waals surface area contributed by atoms with Crippen molar-refractivity contribution in [3.8, 4) is 5.75 Å². The molecule has 0 atom stereocenters. The van der Waals surface area contributed by atoms with Crippen LogP contribution in [0.4, 0.5) is 5.69 Å². The third-order valence-corrected chi connectivity index (χ3v) is 2.25. The van der Waals surface area contributed by atoms with Gasteiger partial charge in [0.05, 0.1) is 7.11 Å². The van der Waals surface area contributed by atoms with E-state index in [0.29, 0.717) is 6.42 Å². The number of carbonyl (C=O) groups is 1. The molecule has 0 heterocycles. The molecule has 0 unspecified atom stereocenters. The predicted octanol–water partition coefficient (Wildman–Crippen LogP) is 2.77. The fourth-order valence-electron chi connectivity index (χ4n) is 1.42. The van der Waals surface area contributed by atoms with Gasteiger partial charge in [0.15, 0.2) is 0 Å².